The highest BCUT2D eigenvalue weighted by atomic mass is 16.5. The zero-order valence-electron chi connectivity index (χ0n) is 13.3. The number of anilines is 1. The van der Waals surface area contributed by atoms with E-state index in [9.17, 15) is 4.79 Å². The second-order valence-electron chi connectivity index (χ2n) is 7.58. The molecule has 1 amide bonds. The van der Waals surface area contributed by atoms with Crippen LogP contribution in [0.5, 0.6) is 0 Å². The summed E-state index contributed by atoms with van der Waals surface area (Å²) in [6.45, 7) is 9.33. The molecule has 2 heterocycles. The van der Waals surface area contributed by atoms with Gasteiger partial charge in [-0.3, -0.25) is 4.79 Å². The molecule has 1 saturated carbocycles. The number of carbonyl (C=O) groups excluding carboxylic acids is 1. The number of rotatable bonds is 2. The summed E-state index contributed by atoms with van der Waals surface area (Å²) in [6, 6.07) is 2.25. The maximum Gasteiger partial charge on any atom is 0.270 e. The molecule has 0 unspecified atom stereocenters. The summed E-state index contributed by atoms with van der Waals surface area (Å²) in [5, 5.41) is 0. The van der Waals surface area contributed by atoms with Crippen LogP contribution < -0.4 is 5.73 Å². The van der Waals surface area contributed by atoms with E-state index in [1.165, 1.54) is 0 Å². The monoisotopic (exact) mass is 291 g/mol. The molecule has 0 atom stereocenters. The summed E-state index contributed by atoms with van der Waals surface area (Å²) in [5.74, 6) is 0.0584. The molecule has 21 heavy (non-hydrogen) atoms. The average molecular weight is 291 g/mol. The van der Waals surface area contributed by atoms with Gasteiger partial charge in [0.1, 0.15) is 5.69 Å². The second kappa shape index (κ2) is 4.50. The Hall–Kier alpha value is -1.49. The lowest BCUT2D eigenvalue weighted by Gasteiger charge is -2.47. The number of nitrogen functional groups attached to an aromatic ring is 1. The predicted octanol–water partition coefficient (Wildman–Crippen LogP) is 2.43. The van der Waals surface area contributed by atoms with E-state index < -0.39 is 0 Å². The first-order valence-electron chi connectivity index (χ1n) is 7.64. The van der Waals surface area contributed by atoms with E-state index in [1.807, 2.05) is 43.4 Å². The van der Waals surface area contributed by atoms with Crippen LogP contribution in [0.1, 0.15) is 57.1 Å². The van der Waals surface area contributed by atoms with Gasteiger partial charge in [0.05, 0.1) is 16.9 Å². The minimum absolute atomic E-state index is 0.0584. The van der Waals surface area contributed by atoms with E-state index in [2.05, 4.69) is 0 Å². The molecular formula is C16H25N3O2. The van der Waals surface area contributed by atoms with Gasteiger partial charge < -0.3 is 19.9 Å². The molecule has 5 heteroatoms. The van der Waals surface area contributed by atoms with Crippen LogP contribution in [0.15, 0.2) is 12.3 Å². The van der Waals surface area contributed by atoms with Crippen molar-refractivity contribution in [1.82, 2.24) is 9.47 Å². The van der Waals surface area contributed by atoms with Gasteiger partial charge in [0.25, 0.3) is 5.91 Å². The summed E-state index contributed by atoms with van der Waals surface area (Å²) >= 11 is 0. The normalized spacial score (nSPS) is 24.1. The highest BCUT2D eigenvalue weighted by Gasteiger charge is 2.41. The van der Waals surface area contributed by atoms with Crippen molar-refractivity contribution in [1.29, 1.82) is 0 Å². The Kier molecular flexibility index (Phi) is 3.10. The fraction of sp³-hybridized carbons (Fsp3) is 0.688. The lowest BCUT2D eigenvalue weighted by molar-refractivity contribution is -0.171. The summed E-state index contributed by atoms with van der Waals surface area (Å²) in [4.78, 5) is 14.8. The molecule has 1 aromatic rings. The molecule has 1 aromatic heterocycles. The van der Waals surface area contributed by atoms with E-state index in [4.69, 9.17) is 10.5 Å². The molecule has 5 nitrogen and oxygen atoms in total. The third-order valence-corrected chi connectivity index (χ3v) is 4.01. The Bertz CT molecular complexity index is 554. The number of aromatic nitrogens is 1. The molecular weight excluding hydrogens is 266 g/mol. The van der Waals surface area contributed by atoms with E-state index in [1.54, 1.807) is 6.07 Å². The van der Waals surface area contributed by atoms with E-state index in [0.29, 0.717) is 30.5 Å². The van der Waals surface area contributed by atoms with Crippen LogP contribution in [0.2, 0.25) is 0 Å². The number of nitrogens with zero attached hydrogens (tertiary/aromatic N) is 2. The quantitative estimate of drug-likeness (QED) is 0.910. The molecule has 0 radical (unpaired) electrons. The van der Waals surface area contributed by atoms with E-state index in [0.717, 1.165) is 12.8 Å². The van der Waals surface area contributed by atoms with Gasteiger partial charge in [-0.25, -0.2) is 0 Å². The van der Waals surface area contributed by atoms with Crippen molar-refractivity contribution < 1.29 is 9.53 Å². The molecule has 116 valence electrons. The van der Waals surface area contributed by atoms with Gasteiger partial charge in [-0.2, -0.15) is 0 Å². The molecule has 0 spiro atoms. The van der Waals surface area contributed by atoms with Crippen LogP contribution in [-0.4, -0.2) is 39.7 Å². The fourth-order valence-electron chi connectivity index (χ4n) is 3.42. The zero-order chi connectivity index (χ0) is 15.4. The standard InChI is InChI=1S/C16H25N3O2/c1-15(2)9-18(10-16(3,4)21-15)14(20)13-7-11(17)8-19(13)12-5-6-12/h7-8,12H,5-6,9-10,17H2,1-4H3. The molecule has 1 saturated heterocycles. The van der Waals surface area contributed by atoms with Crippen LogP contribution in [0, 0.1) is 0 Å². The maximum atomic E-state index is 12.9. The average Bonchev–Trinajstić information content (AvgIpc) is 3.07. The number of morpholine rings is 1. The highest BCUT2D eigenvalue weighted by molar-refractivity contribution is 5.94. The van der Waals surface area contributed by atoms with Crippen LogP contribution in [0.4, 0.5) is 5.69 Å². The van der Waals surface area contributed by atoms with Crippen LogP contribution in [0.3, 0.4) is 0 Å². The predicted molar refractivity (Wildman–Crippen MR) is 82.3 cm³/mol. The summed E-state index contributed by atoms with van der Waals surface area (Å²) in [5.41, 5.74) is 6.61. The first-order chi connectivity index (χ1) is 9.67. The van der Waals surface area contributed by atoms with Gasteiger partial charge in [-0.15, -0.1) is 0 Å². The highest BCUT2D eigenvalue weighted by Crippen LogP contribution is 2.38. The largest absolute Gasteiger partial charge is 0.397 e. The van der Waals surface area contributed by atoms with Crippen molar-refractivity contribution in [3.05, 3.63) is 18.0 Å². The number of hydrogen-bond acceptors (Lipinski definition) is 3. The molecule has 2 fully saturated rings. The summed E-state index contributed by atoms with van der Waals surface area (Å²) < 4.78 is 8.10. The summed E-state index contributed by atoms with van der Waals surface area (Å²) in [6.07, 6.45) is 4.16. The van der Waals surface area contributed by atoms with Crippen LogP contribution in [-0.2, 0) is 4.74 Å². The minimum Gasteiger partial charge on any atom is -0.397 e. The number of amides is 1. The van der Waals surface area contributed by atoms with Crippen molar-refractivity contribution in [2.75, 3.05) is 18.8 Å². The molecule has 0 bridgehead atoms. The Balaban J connectivity index is 1.88. The van der Waals surface area contributed by atoms with E-state index >= 15 is 0 Å². The molecule has 1 aliphatic carbocycles. The number of hydrogen-bond donors (Lipinski definition) is 1. The fourth-order valence-corrected chi connectivity index (χ4v) is 3.42. The minimum atomic E-state index is -0.333. The molecule has 0 aromatic carbocycles. The maximum absolute atomic E-state index is 12.9. The first-order valence-corrected chi connectivity index (χ1v) is 7.64. The third kappa shape index (κ3) is 2.93. The van der Waals surface area contributed by atoms with Crippen LogP contribution in [0.25, 0.3) is 0 Å². The molecule has 1 aliphatic heterocycles. The van der Waals surface area contributed by atoms with Crippen molar-refractivity contribution in [3.8, 4) is 0 Å². The SMILES string of the molecule is CC1(C)CN(C(=O)c2cc(N)cn2C2CC2)CC(C)(C)O1. The Morgan fingerprint density at radius 3 is 2.33 bits per heavy atom. The van der Waals surface area contributed by atoms with Gasteiger partial charge in [0.2, 0.25) is 0 Å². The van der Waals surface area contributed by atoms with Gasteiger partial charge >= 0.3 is 0 Å². The van der Waals surface area contributed by atoms with Crippen molar-refractivity contribution >= 4 is 11.6 Å². The Morgan fingerprint density at radius 1 is 1.24 bits per heavy atom. The van der Waals surface area contributed by atoms with Crippen molar-refractivity contribution in [2.24, 2.45) is 0 Å². The number of ether oxygens (including phenoxy) is 1. The first kappa shape index (κ1) is 14.4. The lowest BCUT2D eigenvalue weighted by Crippen LogP contribution is -2.58. The number of carbonyl (C=O) groups is 1. The molecule has 2 N–H and O–H groups in total. The smallest absolute Gasteiger partial charge is 0.270 e. The van der Waals surface area contributed by atoms with E-state index in [-0.39, 0.29) is 17.1 Å². The Morgan fingerprint density at radius 2 is 1.81 bits per heavy atom. The van der Waals surface area contributed by atoms with Gasteiger partial charge in [0.15, 0.2) is 0 Å². The van der Waals surface area contributed by atoms with Crippen molar-refractivity contribution in [2.45, 2.75) is 57.8 Å². The van der Waals surface area contributed by atoms with Gasteiger partial charge in [-0.05, 0) is 46.6 Å². The lowest BCUT2D eigenvalue weighted by atomic mass is 9.98. The Labute approximate surface area is 126 Å². The second-order valence-corrected chi connectivity index (χ2v) is 7.58. The third-order valence-electron chi connectivity index (χ3n) is 4.01. The zero-order valence-corrected chi connectivity index (χ0v) is 13.3. The molecule has 3 rings (SSSR count). The van der Waals surface area contributed by atoms with Gasteiger partial charge in [-0.1, -0.05) is 0 Å². The van der Waals surface area contributed by atoms with Gasteiger partial charge in [0, 0.05) is 25.3 Å². The topological polar surface area (TPSA) is 60.5 Å². The number of nitrogens with two attached hydrogens (primary N) is 1. The summed E-state index contributed by atoms with van der Waals surface area (Å²) in [7, 11) is 0. The van der Waals surface area contributed by atoms with Crippen LogP contribution >= 0.6 is 0 Å². The van der Waals surface area contributed by atoms with Crippen molar-refractivity contribution in [3.63, 3.8) is 0 Å². The molecule has 2 aliphatic rings.